The van der Waals surface area contributed by atoms with E-state index in [1.54, 1.807) is 0 Å². The maximum Gasteiger partial charge on any atom is 0.331 e. The summed E-state index contributed by atoms with van der Waals surface area (Å²) in [4.78, 5) is 23.4. The number of hydrogen-bond acceptors (Lipinski definition) is 4. The van der Waals surface area contributed by atoms with Crippen molar-refractivity contribution >= 4 is 11.9 Å². The average Bonchev–Trinajstić information content (AvgIpc) is 2.79. The zero-order valence-electron chi connectivity index (χ0n) is 10.5. The van der Waals surface area contributed by atoms with E-state index in [2.05, 4.69) is 5.32 Å². The van der Waals surface area contributed by atoms with E-state index in [9.17, 15) is 14.7 Å². The van der Waals surface area contributed by atoms with Gasteiger partial charge in [0, 0.05) is 25.6 Å². The molecule has 3 atom stereocenters. The zero-order valence-corrected chi connectivity index (χ0v) is 10.5. The van der Waals surface area contributed by atoms with Gasteiger partial charge in [-0.3, -0.25) is 4.79 Å². The van der Waals surface area contributed by atoms with E-state index in [1.807, 2.05) is 6.92 Å². The molecule has 2 heterocycles. The first kappa shape index (κ1) is 13.3. The van der Waals surface area contributed by atoms with Gasteiger partial charge in [0.05, 0.1) is 12.7 Å². The highest BCUT2D eigenvalue weighted by Crippen LogP contribution is 2.24. The normalized spacial score (nSPS) is 36.3. The minimum Gasteiger partial charge on any atom is -0.479 e. The molecular weight excluding hydrogens is 238 g/mol. The van der Waals surface area contributed by atoms with E-state index in [-0.39, 0.29) is 24.5 Å². The Bertz CT molecular complexity index is 337. The van der Waals surface area contributed by atoms with E-state index in [1.165, 1.54) is 0 Å². The molecule has 0 radical (unpaired) electrons. The topological polar surface area (TPSA) is 84.9 Å². The molecule has 0 bridgehead atoms. The summed E-state index contributed by atoms with van der Waals surface area (Å²) in [5.41, 5.74) is -1.24. The number of hydrogen-bond donors (Lipinski definition) is 2. The summed E-state index contributed by atoms with van der Waals surface area (Å²) in [6.07, 6.45) is 1.66. The van der Waals surface area contributed by atoms with Crippen molar-refractivity contribution < 1.29 is 24.2 Å². The third kappa shape index (κ3) is 2.64. The van der Waals surface area contributed by atoms with Crippen molar-refractivity contribution in [2.45, 2.75) is 37.8 Å². The van der Waals surface area contributed by atoms with Gasteiger partial charge in [-0.2, -0.15) is 0 Å². The van der Waals surface area contributed by atoms with Crippen molar-refractivity contribution in [1.29, 1.82) is 0 Å². The van der Waals surface area contributed by atoms with Crippen molar-refractivity contribution in [2.24, 2.45) is 5.92 Å². The molecule has 2 N–H and O–H groups in total. The molecule has 0 spiro atoms. The molecule has 2 aliphatic rings. The lowest BCUT2D eigenvalue weighted by Crippen LogP contribution is -2.57. The van der Waals surface area contributed by atoms with Gasteiger partial charge in [0.2, 0.25) is 5.91 Å². The van der Waals surface area contributed by atoms with Gasteiger partial charge in [0.1, 0.15) is 0 Å². The molecule has 2 fully saturated rings. The number of aliphatic carboxylic acids is 1. The highest BCUT2D eigenvalue weighted by molar-refractivity contribution is 5.88. The predicted octanol–water partition coefficient (Wildman–Crippen LogP) is 0.161. The van der Waals surface area contributed by atoms with Gasteiger partial charge in [-0.1, -0.05) is 0 Å². The predicted molar refractivity (Wildman–Crippen MR) is 62.1 cm³/mol. The summed E-state index contributed by atoms with van der Waals surface area (Å²) >= 11 is 0. The molecule has 6 nitrogen and oxygen atoms in total. The summed E-state index contributed by atoms with van der Waals surface area (Å²) < 4.78 is 10.5. The standard InChI is InChI=1S/C12H19NO5/c1-8-6-9(2-4-18-8)10(14)13-12(11(15)16)3-5-17-7-12/h8-9H,2-7H2,1H3,(H,13,14)(H,15,16). The molecule has 18 heavy (non-hydrogen) atoms. The van der Waals surface area contributed by atoms with Gasteiger partial charge in [0.15, 0.2) is 5.54 Å². The van der Waals surface area contributed by atoms with Crippen molar-refractivity contribution in [3.05, 3.63) is 0 Å². The maximum atomic E-state index is 12.1. The lowest BCUT2D eigenvalue weighted by molar-refractivity contribution is -0.149. The van der Waals surface area contributed by atoms with E-state index < -0.39 is 11.5 Å². The van der Waals surface area contributed by atoms with E-state index in [4.69, 9.17) is 9.47 Å². The largest absolute Gasteiger partial charge is 0.479 e. The summed E-state index contributed by atoms with van der Waals surface area (Å²) in [5, 5.41) is 11.9. The Hall–Kier alpha value is -1.14. The Morgan fingerprint density at radius 1 is 1.39 bits per heavy atom. The van der Waals surface area contributed by atoms with Crippen LogP contribution in [-0.4, -0.2) is 48.4 Å². The Morgan fingerprint density at radius 3 is 2.72 bits per heavy atom. The summed E-state index contributed by atoms with van der Waals surface area (Å²) in [7, 11) is 0. The number of carboxylic acid groups (broad SMARTS) is 1. The number of carbonyl (C=O) groups excluding carboxylic acids is 1. The van der Waals surface area contributed by atoms with E-state index in [0.717, 1.165) is 0 Å². The Balaban J connectivity index is 1.99. The molecule has 1 amide bonds. The Morgan fingerprint density at radius 2 is 2.17 bits per heavy atom. The van der Waals surface area contributed by atoms with Gasteiger partial charge < -0.3 is 19.9 Å². The van der Waals surface area contributed by atoms with Crippen LogP contribution in [0.5, 0.6) is 0 Å². The molecule has 2 aliphatic heterocycles. The van der Waals surface area contributed by atoms with Crippen LogP contribution in [0.2, 0.25) is 0 Å². The van der Waals surface area contributed by atoms with Crippen molar-refractivity contribution in [3.63, 3.8) is 0 Å². The SMILES string of the molecule is CC1CC(C(=O)NC2(C(=O)O)CCOC2)CCO1. The number of ether oxygens (including phenoxy) is 2. The lowest BCUT2D eigenvalue weighted by atomic mass is 9.92. The van der Waals surface area contributed by atoms with Crippen LogP contribution >= 0.6 is 0 Å². The van der Waals surface area contributed by atoms with Crippen molar-refractivity contribution in [2.75, 3.05) is 19.8 Å². The first-order valence-corrected chi connectivity index (χ1v) is 6.28. The summed E-state index contributed by atoms with van der Waals surface area (Å²) in [6.45, 7) is 2.89. The Kier molecular flexibility index (Phi) is 3.87. The first-order chi connectivity index (χ1) is 8.53. The number of rotatable bonds is 3. The molecule has 3 unspecified atom stereocenters. The van der Waals surface area contributed by atoms with Crippen LogP contribution in [0.3, 0.4) is 0 Å². The van der Waals surface area contributed by atoms with Crippen LogP contribution in [-0.2, 0) is 19.1 Å². The second kappa shape index (κ2) is 5.24. The fraction of sp³-hybridized carbons (Fsp3) is 0.833. The minimum atomic E-state index is -1.24. The monoisotopic (exact) mass is 257 g/mol. The van der Waals surface area contributed by atoms with Gasteiger partial charge in [0.25, 0.3) is 0 Å². The van der Waals surface area contributed by atoms with E-state index in [0.29, 0.717) is 32.5 Å². The number of carbonyl (C=O) groups is 2. The molecular formula is C12H19NO5. The molecule has 0 aromatic heterocycles. The summed E-state index contributed by atoms with van der Waals surface area (Å²) in [6, 6.07) is 0. The van der Waals surface area contributed by atoms with Crippen LogP contribution in [0.1, 0.15) is 26.2 Å². The first-order valence-electron chi connectivity index (χ1n) is 6.28. The van der Waals surface area contributed by atoms with Gasteiger partial charge in [-0.05, 0) is 19.8 Å². The maximum absolute atomic E-state index is 12.1. The molecule has 0 aromatic carbocycles. The number of carboxylic acids is 1. The molecule has 0 aromatic rings. The fourth-order valence-corrected chi connectivity index (χ4v) is 2.46. The number of amides is 1. The van der Waals surface area contributed by atoms with Gasteiger partial charge in [-0.25, -0.2) is 4.79 Å². The second-order valence-corrected chi connectivity index (χ2v) is 5.08. The lowest BCUT2D eigenvalue weighted by Gasteiger charge is -2.30. The molecule has 6 heteroatoms. The smallest absolute Gasteiger partial charge is 0.331 e. The van der Waals surface area contributed by atoms with Crippen molar-refractivity contribution in [3.8, 4) is 0 Å². The van der Waals surface area contributed by atoms with E-state index >= 15 is 0 Å². The minimum absolute atomic E-state index is 0.0485. The third-order valence-corrected chi connectivity index (χ3v) is 3.65. The molecule has 102 valence electrons. The van der Waals surface area contributed by atoms with Gasteiger partial charge in [-0.15, -0.1) is 0 Å². The van der Waals surface area contributed by atoms with Crippen LogP contribution in [0.15, 0.2) is 0 Å². The van der Waals surface area contributed by atoms with Crippen LogP contribution < -0.4 is 5.32 Å². The fourth-order valence-electron chi connectivity index (χ4n) is 2.46. The third-order valence-electron chi connectivity index (χ3n) is 3.65. The second-order valence-electron chi connectivity index (χ2n) is 5.08. The van der Waals surface area contributed by atoms with Crippen molar-refractivity contribution in [1.82, 2.24) is 5.32 Å². The molecule has 2 saturated heterocycles. The van der Waals surface area contributed by atoms with Gasteiger partial charge >= 0.3 is 5.97 Å². The highest BCUT2D eigenvalue weighted by Gasteiger charge is 2.45. The zero-order chi connectivity index (χ0) is 13.2. The van der Waals surface area contributed by atoms with Crippen LogP contribution in [0.4, 0.5) is 0 Å². The highest BCUT2D eigenvalue weighted by atomic mass is 16.5. The molecule has 0 aliphatic carbocycles. The molecule has 0 saturated carbocycles. The Labute approximate surface area is 106 Å². The number of nitrogens with one attached hydrogen (secondary N) is 1. The summed E-state index contributed by atoms with van der Waals surface area (Å²) in [5.74, 6) is -1.38. The average molecular weight is 257 g/mol. The quantitative estimate of drug-likeness (QED) is 0.752. The molecule has 2 rings (SSSR count). The van der Waals surface area contributed by atoms with Crippen LogP contribution in [0.25, 0.3) is 0 Å². The van der Waals surface area contributed by atoms with Crippen LogP contribution in [0, 0.1) is 5.92 Å².